The summed E-state index contributed by atoms with van der Waals surface area (Å²) in [6.07, 6.45) is 5.58. The normalized spacial score (nSPS) is 15.5. The molecule has 1 amide bonds. The van der Waals surface area contributed by atoms with Crippen molar-refractivity contribution in [1.29, 1.82) is 0 Å². The smallest absolute Gasteiger partial charge is 0.222 e. The van der Waals surface area contributed by atoms with E-state index >= 15 is 0 Å². The number of rotatable bonds is 8. The maximum atomic E-state index is 11.9. The highest BCUT2D eigenvalue weighted by Gasteiger charge is 2.34. The van der Waals surface area contributed by atoms with Crippen molar-refractivity contribution < 1.29 is 4.79 Å². The molecule has 1 aromatic rings. The van der Waals surface area contributed by atoms with Crippen LogP contribution >= 0.6 is 24.0 Å². The van der Waals surface area contributed by atoms with Gasteiger partial charge in [-0.05, 0) is 30.2 Å². The van der Waals surface area contributed by atoms with Crippen molar-refractivity contribution in [3.63, 3.8) is 0 Å². The van der Waals surface area contributed by atoms with Gasteiger partial charge in [-0.25, -0.2) is 0 Å². The fraction of sp³-hybridized carbons (Fsp3) is 0.579. The molecule has 1 aliphatic rings. The minimum atomic E-state index is 0. The molecule has 0 heterocycles. The third-order valence-electron chi connectivity index (χ3n) is 5.00. The number of hydrogen-bond acceptors (Lipinski definition) is 2. The average molecular weight is 458 g/mol. The van der Waals surface area contributed by atoms with E-state index in [0.717, 1.165) is 18.1 Å². The van der Waals surface area contributed by atoms with Crippen LogP contribution in [-0.2, 0) is 11.3 Å². The second-order valence-corrected chi connectivity index (χ2v) is 6.57. The van der Waals surface area contributed by atoms with E-state index in [2.05, 4.69) is 27.9 Å². The van der Waals surface area contributed by atoms with Gasteiger partial charge in [-0.2, -0.15) is 0 Å². The zero-order valence-electron chi connectivity index (χ0n) is 15.3. The molecule has 1 aliphatic carbocycles. The first-order valence-electron chi connectivity index (χ1n) is 8.92. The summed E-state index contributed by atoms with van der Waals surface area (Å²) in [5.41, 5.74) is 1.56. The molecule has 0 atom stereocenters. The van der Waals surface area contributed by atoms with Gasteiger partial charge in [-0.1, -0.05) is 43.7 Å². The first-order chi connectivity index (χ1) is 11.7. The van der Waals surface area contributed by atoms with E-state index < -0.39 is 0 Å². The Hall–Kier alpha value is -1.31. The number of benzene rings is 1. The number of carbonyl (C=O) groups excluding carboxylic acids is 1. The van der Waals surface area contributed by atoms with E-state index in [1.165, 1.54) is 25.7 Å². The van der Waals surface area contributed by atoms with E-state index in [4.69, 9.17) is 0 Å². The number of carbonyl (C=O) groups is 1. The lowest BCUT2D eigenvalue weighted by Gasteiger charge is -2.41. The molecule has 0 aromatic heterocycles. The Bertz CT molecular complexity index is 538. The molecule has 3 N–H and O–H groups in total. The van der Waals surface area contributed by atoms with Crippen LogP contribution in [0.4, 0.5) is 0 Å². The van der Waals surface area contributed by atoms with Gasteiger partial charge < -0.3 is 16.0 Å². The van der Waals surface area contributed by atoms with Crippen LogP contribution < -0.4 is 16.0 Å². The quantitative estimate of drug-likeness (QED) is 0.319. The Morgan fingerprint density at radius 1 is 1.16 bits per heavy atom. The maximum absolute atomic E-state index is 11.9. The number of halogens is 1. The van der Waals surface area contributed by atoms with Gasteiger partial charge in [0.15, 0.2) is 5.96 Å². The summed E-state index contributed by atoms with van der Waals surface area (Å²) < 4.78 is 0. The highest BCUT2D eigenvalue weighted by Crippen LogP contribution is 2.42. The molecule has 0 spiro atoms. The Labute approximate surface area is 168 Å². The number of guanidine groups is 1. The molecule has 0 unspecified atom stereocenters. The number of amides is 1. The predicted molar refractivity (Wildman–Crippen MR) is 114 cm³/mol. The molecule has 1 fully saturated rings. The molecular weight excluding hydrogens is 427 g/mol. The van der Waals surface area contributed by atoms with Crippen molar-refractivity contribution in [1.82, 2.24) is 16.0 Å². The van der Waals surface area contributed by atoms with Crippen molar-refractivity contribution in [3.8, 4) is 0 Å². The lowest BCUT2D eigenvalue weighted by Crippen LogP contribution is -2.46. The minimum Gasteiger partial charge on any atom is -0.356 e. The predicted octanol–water partition coefficient (Wildman–Crippen LogP) is 3.06. The second kappa shape index (κ2) is 11.3. The van der Waals surface area contributed by atoms with E-state index in [9.17, 15) is 4.79 Å². The number of nitrogens with one attached hydrogen (secondary N) is 3. The Kier molecular flexibility index (Phi) is 9.85. The van der Waals surface area contributed by atoms with Crippen molar-refractivity contribution in [3.05, 3.63) is 35.9 Å². The fourth-order valence-electron chi connectivity index (χ4n) is 3.00. The standard InChI is InChI=1S/C19H30N4O.HI/c1-3-19(11-7-12-19)15-23-18(20-2)21-13-10-17(24)22-14-16-8-5-4-6-9-16;/h4-6,8-9H,3,7,10-15H2,1-2H3,(H,22,24)(H2,20,21,23);1H. The van der Waals surface area contributed by atoms with Crippen LogP contribution in [0.15, 0.2) is 35.3 Å². The lowest BCUT2D eigenvalue weighted by atomic mass is 9.67. The van der Waals surface area contributed by atoms with Crippen LogP contribution in [0.1, 0.15) is 44.6 Å². The third kappa shape index (κ3) is 7.22. The molecule has 0 bridgehead atoms. The summed E-state index contributed by atoms with van der Waals surface area (Å²) in [4.78, 5) is 16.1. The van der Waals surface area contributed by atoms with Gasteiger partial charge >= 0.3 is 0 Å². The van der Waals surface area contributed by atoms with Gasteiger partial charge in [0.2, 0.25) is 5.91 Å². The van der Waals surface area contributed by atoms with Crippen molar-refractivity contribution in [2.75, 3.05) is 20.1 Å². The van der Waals surface area contributed by atoms with Crippen molar-refractivity contribution >= 4 is 35.8 Å². The summed E-state index contributed by atoms with van der Waals surface area (Å²) in [5.74, 6) is 0.830. The van der Waals surface area contributed by atoms with Crippen LogP contribution in [0.5, 0.6) is 0 Å². The van der Waals surface area contributed by atoms with Crippen LogP contribution in [0.3, 0.4) is 0 Å². The highest BCUT2D eigenvalue weighted by molar-refractivity contribution is 14.0. The van der Waals surface area contributed by atoms with E-state index in [1.54, 1.807) is 7.05 Å². The van der Waals surface area contributed by atoms with Crippen LogP contribution in [0, 0.1) is 5.41 Å². The van der Waals surface area contributed by atoms with Crippen LogP contribution in [0.2, 0.25) is 0 Å². The topological polar surface area (TPSA) is 65.5 Å². The minimum absolute atomic E-state index is 0. The first kappa shape index (κ1) is 21.7. The van der Waals surface area contributed by atoms with Gasteiger partial charge in [-0.3, -0.25) is 9.79 Å². The fourth-order valence-corrected chi connectivity index (χ4v) is 3.00. The maximum Gasteiger partial charge on any atom is 0.222 e. The average Bonchev–Trinajstić information content (AvgIpc) is 2.58. The molecule has 6 heteroatoms. The molecular formula is C19H31IN4O. The molecule has 0 aliphatic heterocycles. The largest absolute Gasteiger partial charge is 0.356 e. The summed E-state index contributed by atoms with van der Waals surface area (Å²) in [6, 6.07) is 9.94. The molecule has 0 radical (unpaired) electrons. The molecule has 5 nitrogen and oxygen atoms in total. The number of aliphatic imine (C=N–C) groups is 1. The molecule has 2 rings (SSSR count). The molecule has 25 heavy (non-hydrogen) atoms. The molecule has 1 saturated carbocycles. The summed E-state index contributed by atoms with van der Waals surface area (Å²) in [6.45, 7) is 4.38. The lowest BCUT2D eigenvalue weighted by molar-refractivity contribution is -0.121. The number of hydrogen-bond donors (Lipinski definition) is 3. The monoisotopic (exact) mass is 458 g/mol. The van der Waals surface area contributed by atoms with Gasteiger partial charge in [0.25, 0.3) is 0 Å². The summed E-state index contributed by atoms with van der Waals surface area (Å²) in [7, 11) is 1.77. The Morgan fingerprint density at radius 2 is 1.88 bits per heavy atom. The highest BCUT2D eigenvalue weighted by atomic mass is 127. The van der Waals surface area contributed by atoms with Gasteiger partial charge in [-0.15, -0.1) is 24.0 Å². The zero-order valence-corrected chi connectivity index (χ0v) is 17.6. The van der Waals surface area contributed by atoms with E-state index in [-0.39, 0.29) is 29.9 Å². The zero-order chi connectivity index (χ0) is 17.3. The van der Waals surface area contributed by atoms with E-state index in [0.29, 0.717) is 24.9 Å². The SMILES string of the molecule is CCC1(CNC(=NC)NCCC(=O)NCc2ccccc2)CCC1.I. The van der Waals surface area contributed by atoms with Crippen LogP contribution in [0.25, 0.3) is 0 Å². The van der Waals surface area contributed by atoms with Crippen LogP contribution in [-0.4, -0.2) is 32.0 Å². The van der Waals surface area contributed by atoms with Gasteiger partial charge in [0, 0.05) is 33.1 Å². The Balaban J connectivity index is 0.00000312. The number of nitrogens with zero attached hydrogens (tertiary/aromatic N) is 1. The second-order valence-electron chi connectivity index (χ2n) is 6.57. The molecule has 140 valence electrons. The van der Waals surface area contributed by atoms with Crippen molar-refractivity contribution in [2.45, 2.75) is 45.6 Å². The molecule has 0 saturated heterocycles. The summed E-state index contributed by atoms with van der Waals surface area (Å²) >= 11 is 0. The molecule has 1 aromatic carbocycles. The Morgan fingerprint density at radius 3 is 2.44 bits per heavy atom. The van der Waals surface area contributed by atoms with Gasteiger partial charge in [0.1, 0.15) is 0 Å². The van der Waals surface area contributed by atoms with Crippen molar-refractivity contribution in [2.24, 2.45) is 10.4 Å². The summed E-state index contributed by atoms with van der Waals surface area (Å²) in [5, 5.41) is 9.56. The first-order valence-corrected chi connectivity index (χ1v) is 8.92. The third-order valence-corrected chi connectivity index (χ3v) is 5.00. The van der Waals surface area contributed by atoms with E-state index in [1.807, 2.05) is 30.3 Å². The van der Waals surface area contributed by atoms with Gasteiger partial charge in [0.05, 0.1) is 0 Å².